The molecule has 0 aliphatic heterocycles. The van der Waals surface area contributed by atoms with Gasteiger partial charge in [0.25, 0.3) is 5.69 Å². The number of nitro benzene ring substituents is 1. The number of hydrogen-bond donors (Lipinski definition) is 0. The lowest BCUT2D eigenvalue weighted by molar-refractivity contribution is -0.385. The van der Waals surface area contributed by atoms with Gasteiger partial charge in [-0.05, 0) is 30.7 Å². The third kappa shape index (κ3) is 3.62. The summed E-state index contributed by atoms with van der Waals surface area (Å²) in [5.74, 6) is -1.11. The van der Waals surface area contributed by atoms with Gasteiger partial charge < -0.3 is 4.74 Å². The molecule has 0 saturated carbocycles. The van der Waals surface area contributed by atoms with Crippen molar-refractivity contribution in [2.45, 2.75) is 13.5 Å². The largest absolute Gasteiger partial charge is 0.457 e. The third-order valence-corrected chi connectivity index (χ3v) is 2.90. The van der Waals surface area contributed by atoms with Gasteiger partial charge in [-0.15, -0.1) is 0 Å². The quantitative estimate of drug-likeness (QED) is 0.491. The Bertz CT molecular complexity index is 700. The number of halogens is 1. The van der Waals surface area contributed by atoms with E-state index >= 15 is 0 Å². The second kappa shape index (κ2) is 6.13. The van der Waals surface area contributed by atoms with E-state index in [0.29, 0.717) is 11.1 Å². The highest BCUT2D eigenvalue weighted by molar-refractivity contribution is 5.90. The first kappa shape index (κ1) is 14.6. The third-order valence-electron chi connectivity index (χ3n) is 2.90. The van der Waals surface area contributed by atoms with Crippen LogP contribution in [0.25, 0.3) is 0 Å². The first-order chi connectivity index (χ1) is 9.97. The smallest absolute Gasteiger partial charge is 0.338 e. The van der Waals surface area contributed by atoms with Crippen LogP contribution in [0, 0.1) is 22.9 Å². The SMILES string of the molecule is Cc1ccc(C(=O)OCc2cccc(F)c2)cc1[N+](=O)[O-]. The van der Waals surface area contributed by atoms with Crippen LogP contribution in [0.1, 0.15) is 21.5 Å². The number of carbonyl (C=O) groups is 1. The summed E-state index contributed by atoms with van der Waals surface area (Å²) in [5.41, 5.74) is 0.908. The van der Waals surface area contributed by atoms with Crippen molar-refractivity contribution in [3.63, 3.8) is 0 Å². The van der Waals surface area contributed by atoms with E-state index < -0.39 is 16.7 Å². The van der Waals surface area contributed by atoms with Crippen LogP contribution in [0.3, 0.4) is 0 Å². The summed E-state index contributed by atoms with van der Waals surface area (Å²) < 4.78 is 18.0. The number of aryl methyl sites for hydroxylation is 1. The lowest BCUT2D eigenvalue weighted by Crippen LogP contribution is -2.06. The molecule has 0 saturated heterocycles. The molecule has 0 aliphatic rings. The number of nitrogens with zero attached hydrogens (tertiary/aromatic N) is 1. The number of nitro groups is 1. The van der Waals surface area contributed by atoms with Gasteiger partial charge in [-0.1, -0.05) is 18.2 Å². The van der Waals surface area contributed by atoms with Gasteiger partial charge in [-0.25, -0.2) is 9.18 Å². The lowest BCUT2D eigenvalue weighted by atomic mass is 10.1. The molecular formula is C15H12FNO4. The average molecular weight is 289 g/mol. The fourth-order valence-electron chi connectivity index (χ4n) is 1.79. The zero-order valence-electron chi connectivity index (χ0n) is 11.2. The predicted octanol–water partition coefficient (Wildman–Crippen LogP) is 3.40. The molecule has 0 bridgehead atoms. The highest BCUT2D eigenvalue weighted by atomic mass is 19.1. The van der Waals surface area contributed by atoms with Crippen molar-refractivity contribution < 1.29 is 18.8 Å². The van der Waals surface area contributed by atoms with Crippen molar-refractivity contribution in [1.29, 1.82) is 0 Å². The van der Waals surface area contributed by atoms with Crippen LogP contribution >= 0.6 is 0 Å². The van der Waals surface area contributed by atoms with Crippen LogP contribution in [-0.4, -0.2) is 10.9 Å². The predicted molar refractivity (Wildman–Crippen MR) is 73.4 cm³/mol. The Morgan fingerprint density at radius 2 is 2.05 bits per heavy atom. The molecule has 2 aromatic carbocycles. The normalized spacial score (nSPS) is 10.2. The standard InChI is InChI=1S/C15H12FNO4/c1-10-5-6-12(8-14(10)17(19)20)15(18)21-9-11-3-2-4-13(16)7-11/h2-8H,9H2,1H3. The maximum absolute atomic E-state index is 13.0. The Morgan fingerprint density at radius 1 is 1.29 bits per heavy atom. The zero-order chi connectivity index (χ0) is 15.4. The van der Waals surface area contributed by atoms with E-state index in [9.17, 15) is 19.3 Å². The Balaban J connectivity index is 2.10. The fourth-order valence-corrected chi connectivity index (χ4v) is 1.79. The Hall–Kier alpha value is -2.76. The minimum atomic E-state index is -0.692. The van der Waals surface area contributed by atoms with Crippen molar-refractivity contribution >= 4 is 11.7 Å². The number of carbonyl (C=O) groups excluding carboxylic acids is 1. The van der Waals surface area contributed by atoms with Crippen molar-refractivity contribution in [2.24, 2.45) is 0 Å². The molecule has 0 atom stereocenters. The van der Waals surface area contributed by atoms with Crippen molar-refractivity contribution in [3.05, 3.63) is 75.1 Å². The van der Waals surface area contributed by atoms with Gasteiger partial charge in [-0.3, -0.25) is 10.1 Å². The molecule has 0 spiro atoms. The Kier molecular flexibility index (Phi) is 4.27. The van der Waals surface area contributed by atoms with E-state index in [0.717, 1.165) is 0 Å². The number of benzene rings is 2. The minimum absolute atomic E-state index is 0.0868. The monoisotopic (exact) mass is 289 g/mol. The number of esters is 1. The summed E-state index contributed by atoms with van der Waals surface area (Å²) in [5, 5.41) is 10.8. The van der Waals surface area contributed by atoms with Gasteiger partial charge in [-0.2, -0.15) is 0 Å². The van der Waals surface area contributed by atoms with E-state index in [2.05, 4.69) is 0 Å². The molecule has 0 unspecified atom stereocenters. The van der Waals surface area contributed by atoms with E-state index in [1.807, 2.05) is 0 Å². The van der Waals surface area contributed by atoms with Gasteiger partial charge in [0.05, 0.1) is 10.5 Å². The first-order valence-electron chi connectivity index (χ1n) is 6.14. The molecule has 0 aromatic heterocycles. The van der Waals surface area contributed by atoms with Crippen molar-refractivity contribution in [2.75, 3.05) is 0 Å². The topological polar surface area (TPSA) is 69.4 Å². The van der Waals surface area contributed by atoms with Crippen LogP contribution < -0.4 is 0 Å². The van der Waals surface area contributed by atoms with E-state index in [4.69, 9.17) is 4.74 Å². The maximum Gasteiger partial charge on any atom is 0.338 e. The molecule has 2 rings (SSSR count). The maximum atomic E-state index is 13.0. The molecule has 0 radical (unpaired) electrons. The molecule has 0 fully saturated rings. The van der Waals surface area contributed by atoms with Crippen LogP contribution in [0.4, 0.5) is 10.1 Å². The van der Waals surface area contributed by atoms with Crippen LogP contribution in [0.2, 0.25) is 0 Å². The molecule has 21 heavy (non-hydrogen) atoms. The highest BCUT2D eigenvalue weighted by Gasteiger charge is 2.15. The second-order valence-electron chi connectivity index (χ2n) is 4.46. The second-order valence-corrected chi connectivity index (χ2v) is 4.46. The number of ether oxygens (including phenoxy) is 1. The van der Waals surface area contributed by atoms with Gasteiger partial charge >= 0.3 is 5.97 Å². The average Bonchev–Trinajstić information content (AvgIpc) is 2.45. The summed E-state index contributed by atoms with van der Waals surface area (Å²) >= 11 is 0. The van der Waals surface area contributed by atoms with Crippen molar-refractivity contribution in [1.82, 2.24) is 0 Å². The van der Waals surface area contributed by atoms with E-state index in [1.54, 1.807) is 13.0 Å². The summed E-state index contributed by atoms with van der Waals surface area (Å²) in [6, 6.07) is 9.78. The van der Waals surface area contributed by atoms with E-state index in [1.165, 1.54) is 36.4 Å². The van der Waals surface area contributed by atoms with Gasteiger partial charge in [0, 0.05) is 11.6 Å². The lowest BCUT2D eigenvalue weighted by Gasteiger charge is -2.06. The molecule has 0 N–H and O–H groups in total. The van der Waals surface area contributed by atoms with Gasteiger partial charge in [0.15, 0.2) is 0 Å². The molecular weight excluding hydrogens is 277 g/mol. The van der Waals surface area contributed by atoms with Gasteiger partial charge in [0.1, 0.15) is 12.4 Å². The number of hydrogen-bond acceptors (Lipinski definition) is 4. The molecule has 0 amide bonds. The summed E-state index contributed by atoms with van der Waals surface area (Å²) in [7, 11) is 0. The molecule has 0 heterocycles. The van der Waals surface area contributed by atoms with Crippen molar-refractivity contribution in [3.8, 4) is 0 Å². The van der Waals surface area contributed by atoms with Gasteiger partial charge in [0.2, 0.25) is 0 Å². The molecule has 2 aromatic rings. The molecule has 5 nitrogen and oxygen atoms in total. The Morgan fingerprint density at radius 3 is 2.71 bits per heavy atom. The summed E-state index contributed by atoms with van der Waals surface area (Å²) in [6.45, 7) is 1.48. The zero-order valence-corrected chi connectivity index (χ0v) is 11.2. The molecule has 6 heteroatoms. The first-order valence-corrected chi connectivity index (χ1v) is 6.14. The fraction of sp³-hybridized carbons (Fsp3) is 0.133. The summed E-state index contributed by atoms with van der Waals surface area (Å²) in [6.07, 6.45) is 0. The van der Waals surface area contributed by atoms with E-state index in [-0.39, 0.29) is 17.9 Å². The highest BCUT2D eigenvalue weighted by Crippen LogP contribution is 2.20. The van der Waals surface area contributed by atoms with Crippen LogP contribution in [0.15, 0.2) is 42.5 Å². The summed E-state index contributed by atoms with van der Waals surface area (Å²) in [4.78, 5) is 22.1. The van der Waals surface area contributed by atoms with Crippen LogP contribution in [0.5, 0.6) is 0 Å². The number of rotatable bonds is 4. The van der Waals surface area contributed by atoms with Crippen LogP contribution in [-0.2, 0) is 11.3 Å². The molecule has 0 aliphatic carbocycles. The molecule has 108 valence electrons. The minimum Gasteiger partial charge on any atom is -0.457 e. The Labute approximate surface area is 120 Å².